The molecule has 0 spiro atoms. The van der Waals surface area contributed by atoms with E-state index < -0.39 is 6.10 Å². The van der Waals surface area contributed by atoms with Crippen molar-refractivity contribution in [2.45, 2.75) is 226 Å². The number of carbonyl (C=O) groups is 3. The summed E-state index contributed by atoms with van der Waals surface area (Å²) >= 11 is 0. The van der Waals surface area contributed by atoms with Gasteiger partial charge in [0.25, 0.3) is 0 Å². The molecule has 0 N–H and O–H groups in total. The van der Waals surface area contributed by atoms with Gasteiger partial charge in [-0.05, 0) is 83.5 Å². The molecule has 60 heavy (non-hydrogen) atoms. The molecule has 0 aliphatic carbocycles. The average molecular weight is 835 g/mol. The SMILES string of the molecule is CC/C=C\C/C=C\C/C=C\C/C=C\C/C=C\CCCC(=O)OC[C@@H](COC(=O)CCCCCCCCCCCCC)OC(=O)CCCCCCC/C=C\C/C=C\CCCC. The first kappa shape index (κ1) is 56.6. The third-order valence-electron chi connectivity index (χ3n) is 10.1. The Bertz CT molecular complexity index is 1190. The number of unbranched alkanes of at least 4 members (excludes halogenated alkanes) is 18. The lowest BCUT2D eigenvalue weighted by Gasteiger charge is -2.18. The predicted molar refractivity (Wildman–Crippen MR) is 256 cm³/mol. The van der Waals surface area contributed by atoms with Crippen LogP contribution in [-0.4, -0.2) is 37.2 Å². The molecule has 0 aliphatic rings. The maximum absolute atomic E-state index is 12.8. The molecule has 0 saturated carbocycles. The Balaban J connectivity index is 4.49. The molecule has 0 fully saturated rings. The first-order valence-corrected chi connectivity index (χ1v) is 24.6. The van der Waals surface area contributed by atoms with Gasteiger partial charge in [0.1, 0.15) is 13.2 Å². The molecule has 1 atom stereocenters. The minimum atomic E-state index is -0.804. The van der Waals surface area contributed by atoms with Gasteiger partial charge in [-0.1, -0.05) is 202 Å². The lowest BCUT2D eigenvalue weighted by atomic mass is 10.1. The van der Waals surface area contributed by atoms with Crippen LogP contribution in [0, 0.1) is 0 Å². The second-order valence-electron chi connectivity index (χ2n) is 16.0. The fourth-order valence-electron chi connectivity index (χ4n) is 6.43. The van der Waals surface area contributed by atoms with Gasteiger partial charge < -0.3 is 14.2 Å². The Morgan fingerprint density at radius 1 is 0.350 bits per heavy atom. The molecular formula is C54H90O6. The summed E-state index contributed by atoms with van der Waals surface area (Å²) in [6, 6.07) is 0. The Labute approximate surface area is 369 Å². The summed E-state index contributed by atoms with van der Waals surface area (Å²) in [6.07, 6.45) is 61.4. The standard InChI is InChI=1S/C54H90O6/c1-4-7-10-13-16-19-22-24-26-27-28-30-32-35-38-41-44-47-53(56)59-50-51(49-58-52(55)46-43-40-37-34-31-21-18-15-12-9-6-3)60-54(57)48-45-42-39-36-33-29-25-23-20-17-14-11-8-5-2/h7,10,14,16-17,19,23-26,28,30,35,38,51H,4-6,8-9,11-13,15,18,20-22,27,29,31-34,36-37,39-50H2,1-3H3/b10-7-,17-14-,19-16-,25-23-,26-24-,30-28-,38-35-/t51-/m1/s1. The largest absolute Gasteiger partial charge is 0.462 e. The van der Waals surface area contributed by atoms with Crippen LogP contribution in [0.4, 0.5) is 0 Å². The summed E-state index contributed by atoms with van der Waals surface area (Å²) in [6.45, 7) is 6.40. The van der Waals surface area contributed by atoms with Crippen molar-refractivity contribution in [2.24, 2.45) is 0 Å². The first-order valence-electron chi connectivity index (χ1n) is 24.6. The third-order valence-corrected chi connectivity index (χ3v) is 10.1. The predicted octanol–water partition coefficient (Wildman–Crippen LogP) is 16.0. The van der Waals surface area contributed by atoms with E-state index in [2.05, 4.69) is 106 Å². The van der Waals surface area contributed by atoms with Crippen molar-refractivity contribution >= 4 is 17.9 Å². The van der Waals surface area contributed by atoms with Crippen LogP contribution in [0.15, 0.2) is 85.1 Å². The molecule has 0 rings (SSSR count). The summed E-state index contributed by atoms with van der Waals surface area (Å²) < 4.78 is 16.7. The molecule has 0 unspecified atom stereocenters. The van der Waals surface area contributed by atoms with Crippen molar-refractivity contribution in [1.82, 2.24) is 0 Å². The normalized spacial score (nSPS) is 12.8. The second-order valence-corrected chi connectivity index (χ2v) is 16.0. The van der Waals surface area contributed by atoms with E-state index in [1.165, 1.54) is 70.6 Å². The van der Waals surface area contributed by atoms with Gasteiger partial charge >= 0.3 is 17.9 Å². The van der Waals surface area contributed by atoms with Crippen LogP contribution in [0.25, 0.3) is 0 Å². The van der Waals surface area contributed by atoms with E-state index in [4.69, 9.17) is 14.2 Å². The number of allylic oxidation sites excluding steroid dienone is 14. The third kappa shape index (κ3) is 45.7. The number of hydrogen-bond acceptors (Lipinski definition) is 6. The highest BCUT2D eigenvalue weighted by molar-refractivity contribution is 5.71. The van der Waals surface area contributed by atoms with E-state index in [1.54, 1.807) is 0 Å². The zero-order valence-electron chi connectivity index (χ0n) is 38.9. The summed E-state index contributed by atoms with van der Waals surface area (Å²) in [4.78, 5) is 37.8. The molecule has 0 saturated heterocycles. The zero-order valence-corrected chi connectivity index (χ0v) is 38.9. The van der Waals surface area contributed by atoms with E-state index in [-0.39, 0.29) is 37.5 Å². The summed E-state index contributed by atoms with van der Waals surface area (Å²) in [5.41, 5.74) is 0. The quantitative estimate of drug-likeness (QED) is 0.0263. The van der Waals surface area contributed by atoms with Gasteiger partial charge in [0.05, 0.1) is 0 Å². The minimum Gasteiger partial charge on any atom is -0.462 e. The van der Waals surface area contributed by atoms with E-state index in [0.717, 1.165) is 103 Å². The molecule has 0 aromatic rings. The van der Waals surface area contributed by atoms with Crippen molar-refractivity contribution < 1.29 is 28.6 Å². The van der Waals surface area contributed by atoms with E-state index in [9.17, 15) is 14.4 Å². The maximum Gasteiger partial charge on any atom is 0.306 e. The molecule has 0 heterocycles. The Morgan fingerprint density at radius 3 is 1.13 bits per heavy atom. The second kappa shape index (κ2) is 48.3. The maximum atomic E-state index is 12.8. The molecule has 0 aromatic heterocycles. The van der Waals surface area contributed by atoms with Crippen molar-refractivity contribution in [3.63, 3.8) is 0 Å². The zero-order chi connectivity index (χ0) is 43.7. The number of carbonyl (C=O) groups excluding carboxylic acids is 3. The van der Waals surface area contributed by atoms with Crippen molar-refractivity contribution in [1.29, 1.82) is 0 Å². The van der Waals surface area contributed by atoms with Crippen molar-refractivity contribution in [3.05, 3.63) is 85.1 Å². The molecule has 0 amide bonds. The van der Waals surface area contributed by atoms with Crippen LogP contribution in [0.3, 0.4) is 0 Å². The number of rotatable bonds is 43. The fourth-order valence-corrected chi connectivity index (χ4v) is 6.43. The van der Waals surface area contributed by atoms with Crippen LogP contribution in [0.2, 0.25) is 0 Å². The van der Waals surface area contributed by atoms with Crippen LogP contribution < -0.4 is 0 Å². The monoisotopic (exact) mass is 835 g/mol. The van der Waals surface area contributed by atoms with Crippen molar-refractivity contribution in [3.8, 4) is 0 Å². The highest BCUT2D eigenvalue weighted by Crippen LogP contribution is 2.14. The lowest BCUT2D eigenvalue weighted by molar-refractivity contribution is -0.167. The van der Waals surface area contributed by atoms with E-state index >= 15 is 0 Å². The van der Waals surface area contributed by atoms with E-state index in [1.807, 2.05) is 0 Å². The lowest BCUT2D eigenvalue weighted by Crippen LogP contribution is -2.30. The minimum absolute atomic E-state index is 0.0992. The van der Waals surface area contributed by atoms with Gasteiger partial charge in [0, 0.05) is 19.3 Å². The number of ether oxygens (including phenoxy) is 3. The molecule has 342 valence electrons. The summed E-state index contributed by atoms with van der Waals surface area (Å²) in [5.74, 6) is -0.978. The van der Waals surface area contributed by atoms with Crippen LogP contribution in [-0.2, 0) is 28.6 Å². The Morgan fingerprint density at radius 2 is 0.683 bits per heavy atom. The van der Waals surface area contributed by atoms with Crippen LogP contribution >= 0.6 is 0 Å². The molecule has 0 bridgehead atoms. The van der Waals surface area contributed by atoms with Gasteiger partial charge in [0.15, 0.2) is 6.10 Å². The Kier molecular flexibility index (Phi) is 45.5. The average Bonchev–Trinajstić information content (AvgIpc) is 3.24. The smallest absolute Gasteiger partial charge is 0.306 e. The van der Waals surface area contributed by atoms with Gasteiger partial charge in [0.2, 0.25) is 0 Å². The molecular weight excluding hydrogens is 745 g/mol. The highest BCUT2D eigenvalue weighted by Gasteiger charge is 2.19. The van der Waals surface area contributed by atoms with Gasteiger partial charge in [-0.2, -0.15) is 0 Å². The molecule has 0 aromatic carbocycles. The topological polar surface area (TPSA) is 78.9 Å². The highest BCUT2D eigenvalue weighted by atomic mass is 16.6. The van der Waals surface area contributed by atoms with Crippen LogP contribution in [0.1, 0.15) is 220 Å². The number of esters is 3. The molecule has 6 heteroatoms. The van der Waals surface area contributed by atoms with Gasteiger partial charge in [-0.3, -0.25) is 14.4 Å². The van der Waals surface area contributed by atoms with Crippen molar-refractivity contribution in [2.75, 3.05) is 13.2 Å². The summed E-state index contributed by atoms with van der Waals surface area (Å²) in [5, 5.41) is 0. The first-order chi connectivity index (χ1) is 29.5. The van der Waals surface area contributed by atoms with Gasteiger partial charge in [-0.15, -0.1) is 0 Å². The van der Waals surface area contributed by atoms with E-state index in [0.29, 0.717) is 19.3 Å². The molecule has 0 aliphatic heterocycles. The molecule has 0 radical (unpaired) electrons. The molecule has 6 nitrogen and oxygen atoms in total. The van der Waals surface area contributed by atoms with Gasteiger partial charge in [-0.25, -0.2) is 0 Å². The Hall–Kier alpha value is -3.41. The number of hydrogen-bond donors (Lipinski definition) is 0. The van der Waals surface area contributed by atoms with Crippen LogP contribution in [0.5, 0.6) is 0 Å². The fraction of sp³-hybridized carbons (Fsp3) is 0.685. The summed E-state index contributed by atoms with van der Waals surface area (Å²) in [7, 11) is 0.